The standard InChI is InChI=1S/C13H13NO/c1-2-10-8-14-9-12(15)13(10)11-6-4-3-5-7-11/h3-9,15H,2H2,1H3. The molecule has 76 valence electrons. The second kappa shape index (κ2) is 4.13. The number of pyridine rings is 1. The third-order valence-corrected chi connectivity index (χ3v) is 2.45. The van der Waals surface area contributed by atoms with Crippen molar-refractivity contribution in [3.05, 3.63) is 48.3 Å². The fourth-order valence-corrected chi connectivity index (χ4v) is 1.70. The fraction of sp³-hybridized carbons (Fsp3) is 0.154. The maximum absolute atomic E-state index is 9.81. The van der Waals surface area contributed by atoms with E-state index in [1.54, 1.807) is 0 Å². The van der Waals surface area contributed by atoms with Crippen LogP contribution in [0, 0.1) is 0 Å². The molecule has 0 aliphatic heterocycles. The number of hydrogen-bond donors (Lipinski definition) is 1. The molecule has 2 rings (SSSR count). The minimum Gasteiger partial charge on any atom is -0.506 e. The molecular weight excluding hydrogens is 186 g/mol. The molecule has 0 saturated heterocycles. The summed E-state index contributed by atoms with van der Waals surface area (Å²) in [4.78, 5) is 3.99. The molecule has 2 heteroatoms. The SMILES string of the molecule is CCc1cncc(O)c1-c1ccccc1. The van der Waals surface area contributed by atoms with Crippen molar-refractivity contribution in [1.82, 2.24) is 4.98 Å². The van der Waals surface area contributed by atoms with Crippen LogP contribution < -0.4 is 0 Å². The van der Waals surface area contributed by atoms with Crippen LogP contribution in [0.1, 0.15) is 12.5 Å². The molecule has 2 aromatic rings. The van der Waals surface area contributed by atoms with Crippen LogP contribution in [0.5, 0.6) is 5.75 Å². The van der Waals surface area contributed by atoms with Gasteiger partial charge < -0.3 is 5.11 Å². The summed E-state index contributed by atoms with van der Waals surface area (Å²) in [7, 11) is 0. The van der Waals surface area contributed by atoms with Crippen LogP contribution >= 0.6 is 0 Å². The smallest absolute Gasteiger partial charge is 0.141 e. The normalized spacial score (nSPS) is 10.2. The molecule has 0 fully saturated rings. The molecule has 2 nitrogen and oxygen atoms in total. The quantitative estimate of drug-likeness (QED) is 0.806. The first-order valence-corrected chi connectivity index (χ1v) is 5.04. The first-order chi connectivity index (χ1) is 7.33. The van der Waals surface area contributed by atoms with Gasteiger partial charge in [-0.1, -0.05) is 37.3 Å². The van der Waals surface area contributed by atoms with Crippen molar-refractivity contribution < 1.29 is 5.11 Å². The number of rotatable bonds is 2. The number of aromatic nitrogens is 1. The molecule has 1 aromatic heterocycles. The minimum atomic E-state index is 0.251. The third-order valence-electron chi connectivity index (χ3n) is 2.45. The number of aromatic hydroxyl groups is 1. The molecule has 1 N–H and O–H groups in total. The Morgan fingerprint density at radius 2 is 1.87 bits per heavy atom. The van der Waals surface area contributed by atoms with Crippen molar-refractivity contribution in [3.8, 4) is 16.9 Å². The summed E-state index contributed by atoms with van der Waals surface area (Å²) in [5, 5.41) is 9.81. The monoisotopic (exact) mass is 199 g/mol. The topological polar surface area (TPSA) is 33.1 Å². The largest absolute Gasteiger partial charge is 0.506 e. The molecule has 1 aromatic carbocycles. The third kappa shape index (κ3) is 1.84. The molecule has 0 saturated carbocycles. The molecule has 0 radical (unpaired) electrons. The predicted octanol–water partition coefficient (Wildman–Crippen LogP) is 3.02. The Kier molecular flexibility index (Phi) is 2.68. The molecule has 0 atom stereocenters. The van der Waals surface area contributed by atoms with Crippen LogP contribution in [0.25, 0.3) is 11.1 Å². The second-order valence-electron chi connectivity index (χ2n) is 3.41. The second-order valence-corrected chi connectivity index (χ2v) is 3.41. The van der Waals surface area contributed by atoms with E-state index >= 15 is 0 Å². The molecule has 0 bridgehead atoms. The zero-order chi connectivity index (χ0) is 10.7. The summed E-state index contributed by atoms with van der Waals surface area (Å²) >= 11 is 0. The van der Waals surface area contributed by atoms with Crippen molar-refractivity contribution in [2.24, 2.45) is 0 Å². The van der Waals surface area contributed by atoms with Crippen LogP contribution in [-0.4, -0.2) is 10.1 Å². The van der Waals surface area contributed by atoms with E-state index in [-0.39, 0.29) is 5.75 Å². The van der Waals surface area contributed by atoms with Crippen molar-refractivity contribution in [1.29, 1.82) is 0 Å². The summed E-state index contributed by atoms with van der Waals surface area (Å²) in [6, 6.07) is 9.89. The van der Waals surface area contributed by atoms with E-state index in [4.69, 9.17) is 0 Å². The Bertz CT molecular complexity index is 451. The minimum absolute atomic E-state index is 0.251. The Balaban J connectivity index is 2.61. The lowest BCUT2D eigenvalue weighted by Gasteiger charge is -2.09. The molecule has 0 amide bonds. The Morgan fingerprint density at radius 1 is 1.13 bits per heavy atom. The first kappa shape index (κ1) is 9.71. The predicted molar refractivity (Wildman–Crippen MR) is 60.7 cm³/mol. The van der Waals surface area contributed by atoms with Gasteiger partial charge in [0, 0.05) is 11.8 Å². The summed E-state index contributed by atoms with van der Waals surface area (Å²) < 4.78 is 0. The van der Waals surface area contributed by atoms with Crippen molar-refractivity contribution in [2.45, 2.75) is 13.3 Å². The molecule has 0 spiro atoms. The van der Waals surface area contributed by atoms with Gasteiger partial charge in [0.15, 0.2) is 0 Å². The maximum Gasteiger partial charge on any atom is 0.141 e. The maximum atomic E-state index is 9.81. The van der Waals surface area contributed by atoms with E-state index in [1.807, 2.05) is 36.5 Å². The summed E-state index contributed by atoms with van der Waals surface area (Å²) in [5.74, 6) is 0.251. The number of aryl methyl sites for hydroxylation is 1. The molecule has 0 unspecified atom stereocenters. The van der Waals surface area contributed by atoms with E-state index in [2.05, 4.69) is 11.9 Å². The van der Waals surface area contributed by atoms with E-state index in [9.17, 15) is 5.11 Å². The molecular formula is C13H13NO. The van der Waals surface area contributed by atoms with Gasteiger partial charge in [0.25, 0.3) is 0 Å². The lowest BCUT2D eigenvalue weighted by molar-refractivity contribution is 0.474. The number of nitrogens with zero attached hydrogens (tertiary/aromatic N) is 1. The lowest BCUT2D eigenvalue weighted by Crippen LogP contribution is -1.89. The summed E-state index contributed by atoms with van der Waals surface area (Å²) in [5.41, 5.74) is 3.00. The van der Waals surface area contributed by atoms with Gasteiger partial charge in [-0.05, 0) is 17.5 Å². The van der Waals surface area contributed by atoms with Gasteiger partial charge in [0.1, 0.15) is 5.75 Å². The highest BCUT2D eigenvalue weighted by Crippen LogP contribution is 2.31. The zero-order valence-corrected chi connectivity index (χ0v) is 8.64. The fourth-order valence-electron chi connectivity index (χ4n) is 1.70. The average Bonchev–Trinajstić information content (AvgIpc) is 2.29. The highest BCUT2D eigenvalue weighted by molar-refractivity contribution is 5.72. The van der Waals surface area contributed by atoms with Crippen LogP contribution in [0.4, 0.5) is 0 Å². The number of benzene rings is 1. The molecule has 15 heavy (non-hydrogen) atoms. The van der Waals surface area contributed by atoms with E-state index in [0.717, 1.165) is 23.1 Å². The Morgan fingerprint density at radius 3 is 2.53 bits per heavy atom. The number of hydrogen-bond acceptors (Lipinski definition) is 2. The van der Waals surface area contributed by atoms with E-state index in [1.165, 1.54) is 6.20 Å². The molecule has 1 heterocycles. The molecule has 0 aliphatic carbocycles. The first-order valence-electron chi connectivity index (χ1n) is 5.04. The van der Waals surface area contributed by atoms with Gasteiger partial charge in [-0.25, -0.2) is 0 Å². The highest BCUT2D eigenvalue weighted by Gasteiger charge is 2.08. The van der Waals surface area contributed by atoms with Crippen molar-refractivity contribution >= 4 is 0 Å². The highest BCUT2D eigenvalue weighted by atomic mass is 16.3. The van der Waals surface area contributed by atoms with Crippen molar-refractivity contribution in [2.75, 3.05) is 0 Å². The average molecular weight is 199 g/mol. The lowest BCUT2D eigenvalue weighted by atomic mass is 9.99. The van der Waals surface area contributed by atoms with Crippen LogP contribution in [0.2, 0.25) is 0 Å². The van der Waals surface area contributed by atoms with Gasteiger partial charge >= 0.3 is 0 Å². The van der Waals surface area contributed by atoms with Crippen LogP contribution in [-0.2, 0) is 6.42 Å². The van der Waals surface area contributed by atoms with Gasteiger partial charge in [0.2, 0.25) is 0 Å². The zero-order valence-electron chi connectivity index (χ0n) is 8.64. The van der Waals surface area contributed by atoms with Crippen molar-refractivity contribution in [3.63, 3.8) is 0 Å². The van der Waals surface area contributed by atoms with Gasteiger partial charge in [-0.15, -0.1) is 0 Å². The van der Waals surface area contributed by atoms with Gasteiger partial charge in [-0.2, -0.15) is 0 Å². The Hall–Kier alpha value is -1.83. The summed E-state index contributed by atoms with van der Waals surface area (Å²) in [6.45, 7) is 2.06. The van der Waals surface area contributed by atoms with E-state index < -0.39 is 0 Å². The van der Waals surface area contributed by atoms with Crippen LogP contribution in [0.3, 0.4) is 0 Å². The van der Waals surface area contributed by atoms with Crippen LogP contribution in [0.15, 0.2) is 42.7 Å². The van der Waals surface area contributed by atoms with Gasteiger partial charge in [0.05, 0.1) is 6.20 Å². The van der Waals surface area contributed by atoms with E-state index in [0.29, 0.717) is 0 Å². The van der Waals surface area contributed by atoms with Gasteiger partial charge in [-0.3, -0.25) is 4.98 Å². The summed E-state index contributed by atoms with van der Waals surface area (Å²) in [6.07, 6.45) is 4.16. The molecule has 0 aliphatic rings. The Labute approximate surface area is 89.2 Å².